The van der Waals surface area contributed by atoms with Gasteiger partial charge in [-0.15, -0.1) is 0 Å². The minimum Gasteiger partial charge on any atom is -0.456 e. The number of ether oxygens (including phenoxy) is 1. The molecule has 75 heavy (non-hydrogen) atoms. The average Bonchev–Trinajstić information content (AvgIpc) is 3.37. The Morgan fingerprint density at radius 1 is 0.493 bits per heavy atom. The fourth-order valence-electron chi connectivity index (χ4n) is 7.88. The standard InChI is InChI=1S/C65H111N2O7P/c1-7-10-13-16-19-22-25-27-28-29-30-31-32-33-34-35-36-37-38-40-42-45-48-51-54-57-64(68)66-62(61-73-75(70,71)72-60-59-67(4,5)6)63(56-53-50-47-44-41-24-21-18-15-12-9-3)74-65(69)58-55-52-49-46-43-39-26-23-20-17-14-11-8-2/h10-11,13-14,17,19-20,22-23,26-28,30-31,33-34,36-37,53,56,62-63H,7-9,12,15-16,18,21,24-25,29,32,35,38-52,54-55,57-61H2,1-6H3,(H-,66,68,70,71)/p+1/b13-10-,14-11+,20-17+,22-19-,26-23-,28-27-,31-30-,34-33-,37-36-,56-53-. The molecule has 0 heterocycles. The van der Waals surface area contributed by atoms with Crippen molar-refractivity contribution in [3.8, 4) is 0 Å². The van der Waals surface area contributed by atoms with Crippen molar-refractivity contribution >= 4 is 19.7 Å². The molecule has 0 aromatic heterocycles. The molecule has 0 aromatic carbocycles. The molecule has 0 aliphatic carbocycles. The summed E-state index contributed by atoms with van der Waals surface area (Å²) in [5, 5.41) is 3.03. The quantitative estimate of drug-likeness (QED) is 0.0156. The number of carbonyl (C=O) groups is 2. The molecule has 2 N–H and O–H groups in total. The van der Waals surface area contributed by atoms with Crippen molar-refractivity contribution in [3.05, 3.63) is 122 Å². The molecule has 3 atom stereocenters. The van der Waals surface area contributed by atoms with Crippen LogP contribution in [0.1, 0.15) is 226 Å². The molecule has 0 fully saturated rings. The fraction of sp³-hybridized carbons (Fsp3) is 0.662. The van der Waals surface area contributed by atoms with Crippen molar-refractivity contribution in [2.75, 3.05) is 40.9 Å². The van der Waals surface area contributed by atoms with E-state index in [0.717, 1.165) is 141 Å². The Hall–Kier alpha value is -3.59. The van der Waals surface area contributed by atoms with E-state index >= 15 is 0 Å². The molecule has 9 nitrogen and oxygen atoms in total. The third-order valence-corrected chi connectivity index (χ3v) is 13.4. The van der Waals surface area contributed by atoms with E-state index in [9.17, 15) is 19.0 Å². The molecule has 10 heteroatoms. The molecular formula is C65H112N2O7P+. The van der Waals surface area contributed by atoms with Crippen LogP contribution in [0.2, 0.25) is 0 Å². The van der Waals surface area contributed by atoms with Crippen LogP contribution in [0.15, 0.2) is 122 Å². The summed E-state index contributed by atoms with van der Waals surface area (Å²) >= 11 is 0. The summed E-state index contributed by atoms with van der Waals surface area (Å²) in [4.78, 5) is 37.6. The zero-order valence-electron chi connectivity index (χ0n) is 48.7. The topological polar surface area (TPSA) is 111 Å². The second kappa shape index (κ2) is 53.8. The number of nitrogens with one attached hydrogen (secondary N) is 1. The van der Waals surface area contributed by atoms with Crippen molar-refractivity contribution in [2.24, 2.45) is 0 Å². The van der Waals surface area contributed by atoms with Crippen LogP contribution in [0.25, 0.3) is 0 Å². The Kier molecular flexibility index (Phi) is 51.2. The lowest BCUT2D eigenvalue weighted by molar-refractivity contribution is -0.870. The number of phosphoric ester groups is 1. The summed E-state index contributed by atoms with van der Waals surface area (Å²) < 4.78 is 30.6. The van der Waals surface area contributed by atoms with Gasteiger partial charge in [-0.25, -0.2) is 4.57 Å². The first-order valence-corrected chi connectivity index (χ1v) is 31.4. The predicted molar refractivity (Wildman–Crippen MR) is 323 cm³/mol. The van der Waals surface area contributed by atoms with Crippen molar-refractivity contribution in [3.63, 3.8) is 0 Å². The lowest BCUT2D eigenvalue weighted by Gasteiger charge is -2.27. The molecule has 0 saturated carbocycles. The average molecular weight is 1060 g/mol. The normalized spacial score (nSPS) is 14.6. The van der Waals surface area contributed by atoms with Crippen molar-refractivity contribution in [1.82, 2.24) is 5.32 Å². The van der Waals surface area contributed by atoms with Crippen molar-refractivity contribution < 1.29 is 37.3 Å². The maximum Gasteiger partial charge on any atom is 0.472 e. The van der Waals surface area contributed by atoms with Gasteiger partial charge in [0.05, 0.1) is 33.8 Å². The summed E-state index contributed by atoms with van der Waals surface area (Å²) in [5.41, 5.74) is 0. The van der Waals surface area contributed by atoms with E-state index in [0.29, 0.717) is 23.9 Å². The number of amides is 1. The number of phosphoric acid groups is 1. The summed E-state index contributed by atoms with van der Waals surface area (Å²) in [5.74, 6) is -0.557. The number of hydrogen-bond donors (Lipinski definition) is 2. The van der Waals surface area contributed by atoms with Gasteiger partial charge >= 0.3 is 13.8 Å². The van der Waals surface area contributed by atoms with E-state index in [2.05, 4.69) is 135 Å². The van der Waals surface area contributed by atoms with Crippen LogP contribution in [0.4, 0.5) is 0 Å². The van der Waals surface area contributed by atoms with Gasteiger partial charge in [0.25, 0.3) is 0 Å². The second-order valence-corrected chi connectivity index (χ2v) is 22.3. The van der Waals surface area contributed by atoms with E-state index in [1.165, 1.54) is 44.9 Å². The third kappa shape index (κ3) is 55.0. The van der Waals surface area contributed by atoms with E-state index in [1.54, 1.807) is 0 Å². The van der Waals surface area contributed by atoms with Gasteiger partial charge < -0.3 is 19.4 Å². The van der Waals surface area contributed by atoms with Crippen LogP contribution < -0.4 is 5.32 Å². The lowest BCUT2D eigenvalue weighted by atomic mass is 10.1. The first-order chi connectivity index (χ1) is 36.4. The van der Waals surface area contributed by atoms with Crippen molar-refractivity contribution in [1.29, 1.82) is 0 Å². The van der Waals surface area contributed by atoms with Crippen LogP contribution >= 0.6 is 7.82 Å². The molecule has 0 radical (unpaired) electrons. The number of likely N-dealkylation sites (N-methyl/N-ethyl adjacent to an activating group) is 1. The van der Waals surface area contributed by atoms with E-state index < -0.39 is 20.0 Å². The highest BCUT2D eigenvalue weighted by molar-refractivity contribution is 7.47. The van der Waals surface area contributed by atoms with Gasteiger partial charge in [-0.2, -0.15) is 0 Å². The Morgan fingerprint density at radius 2 is 0.920 bits per heavy atom. The first kappa shape index (κ1) is 71.4. The summed E-state index contributed by atoms with van der Waals surface area (Å²) in [6.07, 6.45) is 74.9. The zero-order chi connectivity index (χ0) is 55.0. The van der Waals surface area contributed by atoms with Gasteiger partial charge in [0.15, 0.2) is 0 Å². The highest BCUT2D eigenvalue weighted by Gasteiger charge is 2.30. The molecule has 0 aliphatic rings. The largest absolute Gasteiger partial charge is 0.472 e. The Balaban J connectivity index is 5.22. The summed E-state index contributed by atoms with van der Waals surface area (Å²) in [7, 11) is 1.45. The Morgan fingerprint density at radius 3 is 1.43 bits per heavy atom. The highest BCUT2D eigenvalue weighted by atomic mass is 31.2. The van der Waals surface area contributed by atoms with E-state index in [-0.39, 0.29) is 31.5 Å². The summed E-state index contributed by atoms with van der Waals surface area (Å²) in [6.45, 7) is 6.71. The molecule has 0 rings (SSSR count). The number of allylic oxidation sites excluding steroid dienone is 19. The monoisotopic (exact) mass is 1060 g/mol. The third-order valence-electron chi connectivity index (χ3n) is 12.5. The minimum absolute atomic E-state index is 0.0266. The van der Waals surface area contributed by atoms with Gasteiger partial charge in [-0.1, -0.05) is 233 Å². The number of rotatable bonds is 52. The van der Waals surface area contributed by atoms with Crippen LogP contribution in [-0.2, 0) is 27.9 Å². The highest BCUT2D eigenvalue weighted by Crippen LogP contribution is 2.43. The van der Waals surface area contributed by atoms with Crippen LogP contribution in [0.3, 0.4) is 0 Å². The lowest BCUT2D eigenvalue weighted by Crippen LogP contribution is -2.47. The Labute approximate surface area is 461 Å². The molecule has 0 saturated heterocycles. The number of carbonyl (C=O) groups excluding carboxylic acids is 2. The SMILES string of the molecule is CC/C=C\C/C=C\C/C=C\C/C=C\C/C=C\C/C=C\CCCCCCCCC(=O)NC(COP(=O)(O)OCC[N+](C)(C)C)C(/C=C\CCCCCCCCCCC)OC(=O)CCCCCCC\C=C/C=C/C=C/CC. The predicted octanol–water partition coefficient (Wildman–Crippen LogP) is 18.3. The van der Waals surface area contributed by atoms with Crippen LogP contribution in [-0.4, -0.2) is 74.3 Å². The smallest absolute Gasteiger partial charge is 0.456 e. The first-order valence-electron chi connectivity index (χ1n) is 29.9. The van der Waals surface area contributed by atoms with Gasteiger partial charge in [0.2, 0.25) is 5.91 Å². The van der Waals surface area contributed by atoms with Crippen molar-refractivity contribution in [2.45, 2.75) is 238 Å². The van der Waals surface area contributed by atoms with Gasteiger partial charge in [0.1, 0.15) is 19.3 Å². The zero-order valence-corrected chi connectivity index (χ0v) is 49.6. The van der Waals surface area contributed by atoms with Crippen LogP contribution in [0.5, 0.6) is 0 Å². The Bertz CT molecular complexity index is 1700. The molecule has 0 spiro atoms. The van der Waals surface area contributed by atoms with Gasteiger partial charge in [-0.05, 0) is 102 Å². The van der Waals surface area contributed by atoms with Gasteiger partial charge in [0, 0.05) is 12.8 Å². The number of esters is 1. The minimum atomic E-state index is -4.46. The number of unbranched alkanes of at least 4 members (excludes halogenated alkanes) is 20. The molecule has 1 amide bonds. The van der Waals surface area contributed by atoms with E-state index in [1.807, 2.05) is 33.3 Å². The number of quaternary nitrogens is 1. The molecule has 3 unspecified atom stereocenters. The number of nitrogens with zero attached hydrogens (tertiary/aromatic N) is 1. The second-order valence-electron chi connectivity index (χ2n) is 20.8. The van der Waals surface area contributed by atoms with E-state index in [4.69, 9.17) is 13.8 Å². The maximum atomic E-state index is 13.5. The summed E-state index contributed by atoms with van der Waals surface area (Å²) in [6, 6.07) is -0.872. The maximum absolute atomic E-state index is 13.5. The molecule has 0 aromatic rings. The molecule has 428 valence electrons. The molecular weight excluding hydrogens is 952 g/mol. The number of hydrogen-bond acceptors (Lipinski definition) is 6. The fourth-order valence-corrected chi connectivity index (χ4v) is 8.62. The van der Waals surface area contributed by atoms with Gasteiger partial charge in [-0.3, -0.25) is 18.6 Å². The van der Waals surface area contributed by atoms with Crippen LogP contribution in [0, 0.1) is 0 Å². The molecule has 0 bridgehead atoms. The molecule has 0 aliphatic heterocycles.